The smallest absolute Gasteiger partial charge is 0.256 e. The second-order valence-corrected chi connectivity index (χ2v) is 16.6. The maximum Gasteiger partial charge on any atom is 0.256 e. The Morgan fingerprint density at radius 1 is 1.21 bits per heavy atom. The lowest BCUT2D eigenvalue weighted by Crippen LogP contribution is -2.41. The van der Waals surface area contributed by atoms with Crippen LogP contribution < -0.4 is 10.2 Å². The quantitative estimate of drug-likeness (QED) is 0.160. The van der Waals surface area contributed by atoms with Crippen molar-refractivity contribution < 1.29 is 18.0 Å². The monoisotopic (exact) mass is 571 g/mol. The van der Waals surface area contributed by atoms with Crippen LogP contribution in [0.1, 0.15) is 50.5 Å². The Balaban J connectivity index is 1.67. The highest BCUT2D eigenvalue weighted by Crippen LogP contribution is 2.37. The molecule has 0 unspecified atom stereocenters. The summed E-state index contributed by atoms with van der Waals surface area (Å²) in [7, 11) is -1.87. The largest absolute Gasteiger partial charge is 0.481 e. The van der Waals surface area contributed by atoms with E-state index in [9.17, 15) is 9.18 Å². The molecular formula is C29H35ClFN3O4Si. The molecule has 3 aromatic heterocycles. The average molecular weight is 572 g/mol. The van der Waals surface area contributed by atoms with Crippen LogP contribution >= 0.6 is 11.6 Å². The Hall–Kier alpha value is -3.01. The second kappa shape index (κ2) is 10.9. The molecule has 1 atom stereocenters. The first-order valence-corrected chi connectivity index (χ1v) is 16.2. The van der Waals surface area contributed by atoms with E-state index in [0.29, 0.717) is 46.6 Å². The van der Waals surface area contributed by atoms with Crippen molar-refractivity contribution in [1.29, 1.82) is 0 Å². The maximum atomic E-state index is 14.3. The Morgan fingerprint density at radius 3 is 2.59 bits per heavy atom. The molecule has 208 valence electrons. The molecule has 0 saturated heterocycles. The number of aromatic nitrogens is 3. The zero-order chi connectivity index (χ0) is 28.7. The fourth-order valence-electron chi connectivity index (χ4n) is 4.10. The number of hydrogen-bond acceptors (Lipinski definition) is 6. The average Bonchev–Trinajstić information content (AvgIpc) is 3.30. The molecule has 0 spiro atoms. The van der Waals surface area contributed by atoms with Gasteiger partial charge in [0, 0.05) is 17.3 Å². The van der Waals surface area contributed by atoms with E-state index in [1.54, 1.807) is 30.8 Å². The second-order valence-electron chi connectivity index (χ2n) is 11.4. The van der Waals surface area contributed by atoms with Crippen molar-refractivity contribution in [1.82, 2.24) is 14.8 Å². The molecule has 7 nitrogen and oxygen atoms in total. The molecule has 39 heavy (non-hydrogen) atoms. The summed E-state index contributed by atoms with van der Waals surface area (Å²) in [6.45, 7) is 17.6. The zero-order valence-corrected chi connectivity index (χ0v) is 25.4. The fraction of sp³-hybridized carbons (Fsp3) is 0.414. The highest BCUT2D eigenvalue weighted by Gasteiger charge is 2.36. The molecule has 4 rings (SSSR count). The number of ether oxygens (including phenoxy) is 1. The Labute approximate surface area is 234 Å². The molecule has 0 bridgehead atoms. The third kappa shape index (κ3) is 6.10. The van der Waals surface area contributed by atoms with Gasteiger partial charge in [0.1, 0.15) is 22.6 Å². The standard InChI is InChI=1S/C29H35ClFN3O4Si/c1-17-13-21(19(3)37-23-9-10-24(30)33-28(23)31)27-22(14-17)25(35)18(2)26(38-27)20-15-32-34(16-20)11-12-36-39(7,8)29(4,5)6/h9-10,13-16,19H,11-12H2,1-8H3/t19-/m1/s1. The lowest BCUT2D eigenvalue weighted by molar-refractivity contribution is 0.213. The summed E-state index contributed by atoms with van der Waals surface area (Å²) in [5.41, 5.74) is 2.89. The van der Waals surface area contributed by atoms with Crippen molar-refractivity contribution in [2.24, 2.45) is 0 Å². The molecule has 0 aliphatic heterocycles. The molecular weight excluding hydrogens is 537 g/mol. The normalized spacial score (nSPS) is 13.2. The molecule has 3 heterocycles. The Kier molecular flexibility index (Phi) is 8.07. The first kappa shape index (κ1) is 29.0. The minimum atomic E-state index is -1.87. The summed E-state index contributed by atoms with van der Waals surface area (Å²) < 4.78 is 34.7. The van der Waals surface area contributed by atoms with Gasteiger partial charge in [0.2, 0.25) is 0 Å². The van der Waals surface area contributed by atoms with E-state index in [-0.39, 0.29) is 21.4 Å². The van der Waals surface area contributed by atoms with Gasteiger partial charge in [-0.15, -0.1) is 0 Å². The van der Waals surface area contributed by atoms with Crippen LogP contribution in [0.3, 0.4) is 0 Å². The molecule has 10 heteroatoms. The summed E-state index contributed by atoms with van der Waals surface area (Å²) in [5.74, 6) is -0.424. The van der Waals surface area contributed by atoms with Gasteiger partial charge in [-0.2, -0.15) is 9.49 Å². The van der Waals surface area contributed by atoms with Gasteiger partial charge in [-0.1, -0.05) is 32.4 Å². The van der Waals surface area contributed by atoms with Crippen LogP contribution in [0.25, 0.3) is 22.3 Å². The van der Waals surface area contributed by atoms with Gasteiger partial charge in [-0.05, 0) is 68.7 Å². The molecule has 0 radical (unpaired) electrons. The molecule has 0 amide bonds. The van der Waals surface area contributed by atoms with E-state index in [1.807, 2.05) is 19.2 Å². The summed E-state index contributed by atoms with van der Waals surface area (Å²) in [4.78, 5) is 17.1. The van der Waals surface area contributed by atoms with Crippen molar-refractivity contribution in [2.75, 3.05) is 6.61 Å². The van der Waals surface area contributed by atoms with Crippen LogP contribution in [-0.4, -0.2) is 29.7 Å². The first-order valence-electron chi connectivity index (χ1n) is 12.9. The number of halogens is 2. The lowest BCUT2D eigenvalue weighted by atomic mass is 10.0. The van der Waals surface area contributed by atoms with E-state index < -0.39 is 20.4 Å². The number of hydrogen-bond donors (Lipinski definition) is 0. The van der Waals surface area contributed by atoms with Crippen LogP contribution in [0.4, 0.5) is 4.39 Å². The molecule has 4 aromatic rings. The van der Waals surface area contributed by atoms with E-state index in [1.165, 1.54) is 12.1 Å². The van der Waals surface area contributed by atoms with Gasteiger partial charge in [-0.3, -0.25) is 9.48 Å². The van der Waals surface area contributed by atoms with Crippen LogP contribution in [0.5, 0.6) is 5.75 Å². The van der Waals surface area contributed by atoms with E-state index >= 15 is 0 Å². The van der Waals surface area contributed by atoms with Gasteiger partial charge in [0.15, 0.2) is 19.5 Å². The summed E-state index contributed by atoms with van der Waals surface area (Å²) in [6.07, 6.45) is 2.90. The third-order valence-corrected chi connectivity index (χ3v) is 12.1. The lowest BCUT2D eigenvalue weighted by Gasteiger charge is -2.36. The van der Waals surface area contributed by atoms with Gasteiger partial charge < -0.3 is 13.6 Å². The molecule has 0 aliphatic carbocycles. The van der Waals surface area contributed by atoms with Crippen molar-refractivity contribution in [3.05, 3.63) is 74.7 Å². The third-order valence-electron chi connectivity index (χ3n) is 7.40. The van der Waals surface area contributed by atoms with E-state index in [4.69, 9.17) is 25.2 Å². The van der Waals surface area contributed by atoms with E-state index in [0.717, 1.165) is 5.56 Å². The maximum absolute atomic E-state index is 14.3. The molecule has 0 saturated carbocycles. The number of aryl methyl sites for hydroxylation is 1. The van der Waals surface area contributed by atoms with Gasteiger partial charge in [0.05, 0.1) is 30.3 Å². The number of fused-ring (bicyclic) bond motifs is 1. The minimum absolute atomic E-state index is 0.0340. The van der Waals surface area contributed by atoms with Crippen LogP contribution in [0.2, 0.25) is 23.3 Å². The van der Waals surface area contributed by atoms with Crippen LogP contribution in [-0.2, 0) is 11.0 Å². The van der Waals surface area contributed by atoms with E-state index in [2.05, 4.69) is 43.9 Å². The number of nitrogens with zero attached hydrogens (tertiary/aromatic N) is 3. The Bertz CT molecular complexity index is 1580. The molecule has 1 aromatic carbocycles. The topological polar surface area (TPSA) is 79.4 Å². The zero-order valence-electron chi connectivity index (χ0n) is 23.7. The number of rotatable bonds is 8. The summed E-state index contributed by atoms with van der Waals surface area (Å²) >= 11 is 5.78. The van der Waals surface area contributed by atoms with Gasteiger partial charge >= 0.3 is 0 Å². The highest BCUT2D eigenvalue weighted by molar-refractivity contribution is 6.74. The SMILES string of the molecule is Cc1cc([C@@H](C)Oc2ccc(Cl)nc2F)c2oc(-c3cnn(CCO[Si](C)(C)C(C)(C)C)c3)c(C)c(=O)c2c1. The molecule has 0 fully saturated rings. The summed E-state index contributed by atoms with van der Waals surface area (Å²) in [5, 5.41) is 5.07. The van der Waals surface area contributed by atoms with Gasteiger partial charge in [-0.25, -0.2) is 4.98 Å². The predicted octanol–water partition coefficient (Wildman–Crippen LogP) is 7.62. The summed E-state index contributed by atoms with van der Waals surface area (Å²) in [6, 6.07) is 6.55. The molecule has 0 aliphatic rings. The Morgan fingerprint density at radius 2 is 1.92 bits per heavy atom. The number of pyridine rings is 1. The van der Waals surface area contributed by atoms with Crippen LogP contribution in [0, 0.1) is 19.8 Å². The number of benzene rings is 1. The fourth-order valence-corrected chi connectivity index (χ4v) is 5.27. The van der Waals surface area contributed by atoms with Crippen molar-refractivity contribution in [3.8, 4) is 17.1 Å². The minimum Gasteiger partial charge on any atom is -0.481 e. The van der Waals surface area contributed by atoms with Crippen LogP contribution in [0.15, 0.2) is 45.9 Å². The molecule has 0 N–H and O–H groups in total. The van der Waals surface area contributed by atoms with Crippen molar-refractivity contribution >= 4 is 30.9 Å². The van der Waals surface area contributed by atoms with Crippen molar-refractivity contribution in [2.45, 2.75) is 72.3 Å². The predicted molar refractivity (Wildman–Crippen MR) is 155 cm³/mol. The highest BCUT2D eigenvalue weighted by atomic mass is 35.5. The van der Waals surface area contributed by atoms with Crippen molar-refractivity contribution in [3.63, 3.8) is 0 Å². The first-order chi connectivity index (χ1) is 18.2. The van der Waals surface area contributed by atoms with Gasteiger partial charge in [0.25, 0.3) is 5.95 Å².